The van der Waals surface area contributed by atoms with Crippen molar-refractivity contribution >= 4 is 17.5 Å². The van der Waals surface area contributed by atoms with Crippen LogP contribution in [0.5, 0.6) is 0 Å². The third-order valence-electron chi connectivity index (χ3n) is 2.60. The van der Waals surface area contributed by atoms with E-state index >= 15 is 0 Å². The average molecular weight is 207 g/mol. The summed E-state index contributed by atoms with van der Waals surface area (Å²) in [7, 11) is 0. The van der Waals surface area contributed by atoms with E-state index in [-0.39, 0.29) is 0 Å². The first kappa shape index (κ1) is 9.76. The fourth-order valence-corrected chi connectivity index (χ4v) is 1.87. The molecular weight excluding hydrogens is 194 g/mol. The Morgan fingerprint density at radius 3 is 3.00 bits per heavy atom. The molecule has 0 bridgehead atoms. The highest BCUT2D eigenvalue weighted by atomic mass is 16.4. The van der Waals surface area contributed by atoms with Crippen molar-refractivity contribution in [1.29, 1.82) is 0 Å². The number of nitrogens with two attached hydrogens (primary N) is 1. The van der Waals surface area contributed by atoms with E-state index < -0.39 is 12.0 Å². The smallest absolute Gasteiger partial charge is 0.326 e. The lowest BCUT2D eigenvalue weighted by Crippen LogP contribution is -2.36. The molecule has 0 radical (unpaired) electrons. The Balaban J connectivity index is 2.22. The zero-order chi connectivity index (χ0) is 10.8. The lowest BCUT2D eigenvalue weighted by molar-refractivity contribution is -0.138. The minimum atomic E-state index is -0.786. The Hall–Kier alpha value is -1.78. The van der Waals surface area contributed by atoms with Crippen LogP contribution in [0.3, 0.4) is 0 Å². The van der Waals surface area contributed by atoms with Gasteiger partial charge in [0.05, 0.1) is 11.9 Å². The molecule has 5 nitrogen and oxygen atoms in total. The van der Waals surface area contributed by atoms with Crippen LogP contribution in [0.4, 0.5) is 11.5 Å². The second-order valence-corrected chi connectivity index (χ2v) is 3.64. The van der Waals surface area contributed by atoms with Crippen molar-refractivity contribution in [3.8, 4) is 0 Å². The van der Waals surface area contributed by atoms with Crippen LogP contribution in [0.2, 0.25) is 0 Å². The number of pyridine rings is 1. The van der Waals surface area contributed by atoms with Crippen molar-refractivity contribution in [3.05, 3.63) is 18.3 Å². The quantitative estimate of drug-likeness (QED) is 0.746. The third kappa shape index (κ3) is 1.86. The van der Waals surface area contributed by atoms with Gasteiger partial charge in [0.1, 0.15) is 11.9 Å². The maximum atomic E-state index is 11.0. The molecule has 0 saturated carbocycles. The van der Waals surface area contributed by atoms with Crippen molar-refractivity contribution < 1.29 is 9.90 Å². The van der Waals surface area contributed by atoms with Crippen LogP contribution in [0.1, 0.15) is 12.8 Å². The number of anilines is 2. The van der Waals surface area contributed by atoms with E-state index in [0.29, 0.717) is 17.9 Å². The van der Waals surface area contributed by atoms with Gasteiger partial charge in [-0.1, -0.05) is 0 Å². The fourth-order valence-electron chi connectivity index (χ4n) is 1.87. The van der Waals surface area contributed by atoms with Crippen molar-refractivity contribution in [2.45, 2.75) is 18.9 Å². The number of carbonyl (C=O) groups is 1. The monoisotopic (exact) mass is 207 g/mol. The molecule has 80 valence electrons. The summed E-state index contributed by atoms with van der Waals surface area (Å²) in [5.41, 5.74) is 6.11. The Morgan fingerprint density at radius 2 is 2.40 bits per heavy atom. The van der Waals surface area contributed by atoms with Gasteiger partial charge in [-0.05, 0) is 25.0 Å². The summed E-state index contributed by atoms with van der Waals surface area (Å²) >= 11 is 0. The summed E-state index contributed by atoms with van der Waals surface area (Å²) < 4.78 is 0. The van der Waals surface area contributed by atoms with Crippen LogP contribution in [0.15, 0.2) is 18.3 Å². The number of hydrogen-bond donors (Lipinski definition) is 2. The third-order valence-corrected chi connectivity index (χ3v) is 2.60. The van der Waals surface area contributed by atoms with Gasteiger partial charge in [-0.15, -0.1) is 0 Å². The highest BCUT2D eigenvalue weighted by Gasteiger charge is 2.31. The molecule has 0 aliphatic carbocycles. The molecule has 1 aromatic rings. The zero-order valence-corrected chi connectivity index (χ0v) is 8.26. The van der Waals surface area contributed by atoms with E-state index in [2.05, 4.69) is 4.98 Å². The predicted molar refractivity (Wildman–Crippen MR) is 56.7 cm³/mol. The molecule has 1 fully saturated rings. The summed E-state index contributed by atoms with van der Waals surface area (Å²) in [6.45, 7) is 0.744. The fraction of sp³-hybridized carbons (Fsp3) is 0.400. The first-order chi connectivity index (χ1) is 7.18. The van der Waals surface area contributed by atoms with Crippen molar-refractivity contribution in [2.24, 2.45) is 0 Å². The van der Waals surface area contributed by atoms with Crippen molar-refractivity contribution in [3.63, 3.8) is 0 Å². The van der Waals surface area contributed by atoms with Crippen LogP contribution in [-0.2, 0) is 4.79 Å². The lowest BCUT2D eigenvalue weighted by Gasteiger charge is -2.22. The Kier molecular flexibility index (Phi) is 2.45. The molecule has 1 unspecified atom stereocenters. The predicted octanol–water partition coefficient (Wildman–Crippen LogP) is 0.717. The van der Waals surface area contributed by atoms with E-state index in [4.69, 9.17) is 10.8 Å². The standard InChI is InChI=1S/C10H13N3O2/c11-7-3-4-9(12-6-7)13-5-1-2-8(13)10(14)15/h3-4,6,8H,1-2,5,11H2,(H,14,15). The van der Waals surface area contributed by atoms with E-state index in [0.717, 1.165) is 13.0 Å². The van der Waals surface area contributed by atoms with E-state index in [1.165, 1.54) is 0 Å². The largest absolute Gasteiger partial charge is 0.480 e. The van der Waals surface area contributed by atoms with Gasteiger partial charge in [0.2, 0.25) is 0 Å². The van der Waals surface area contributed by atoms with Gasteiger partial charge in [0.15, 0.2) is 0 Å². The minimum Gasteiger partial charge on any atom is -0.480 e. The molecule has 1 aromatic heterocycles. The Labute approximate surface area is 87.5 Å². The SMILES string of the molecule is Nc1ccc(N2CCCC2C(=O)O)nc1. The molecule has 3 N–H and O–H groups in total. The molecule has 2 heterocycles. The number of aromatic nitrogens is 1. The molecule has 1 saturated heterocycles. The number of carboxylic acid groups (broad SMARTS) is 1. The normalized spacial score (nSPS) is 20.5. The summed E-state index contributed by atoms with van der Waals surface area (Å²) in [5, 5.41) is 9.01. The highest BCUT2D eigenvalue weighted by molar-refractivity contribution is 5.78. The van der Waals surface area contributed by atoms with Gasteiger partial charge >= 0.3 is 5.97 Å². The van der Waals surface area contributed by atoms with Crippen LogP contribution in [-0.4, -0.2) is 28.6 Å². The maximum Gasteiger partial charge on any atom is 0.326 e. The molecule has 1 aliphatic rings. The van der Waals surface area contributed by atoms with Crippen LogP contribution >= 0.6 is 0 Å². The first-order valence-electron chi connectivity index (χ1n) is 4.89. The van der Waals surface area contributed by atoms with E-state index in [1.807, 2.05) is 4.90 Å². The number of rotatable bonds is 2. The summed E-state index contributed by atoms with van der Waals surface area (Å²) in [5.74, 6) is -0.0970. The summed E-state index contributed by atoms with van der Waals surface area (Å²) in [6, 6.07) is 3.05. The Bertz CT molecular complexity index is 363. The number of carboxylic acids is 1. The average Bonchev–Trinajstić information content (AvgIpc) is 2.67. The lowest BCUT2D eigenvalue weighted by atomic mass is 10.2. The highest BCUT2D eigenvalue weighted by Crippen LogP contribution is 2.24. The second kappa shape index (κ2) is 3.76. The topological polar surface area (TPSA) is 79.5 Å². The van der Waals surface area contributed by atoms with Crippen molar-refractivity contribution in [2.75, 3.05) is 17.2 Å². The molecule has 15 heavy (non-hydrogen) atoms. The van der Waals surface area contributed by atoms with Gasteiger partial charge < -0.3 is 15.7 Å². The van der Waals surface area contributed by atoms with Crippen LogP contribution in [0, 0.1) is 0 Å². The molecule has 5 heteroatoms. The van der Waals surface area contributed by atoms with Gasteiger partial charge in [0, 0.05) is 6.54 Å². The van der Waals surface area contributed by atoms with Gasteiger partial charge in [-0.2, -0.15) is 0 Å². The Morgan fingerprint density at radius 1 is 1.60 bits per heavy atom. The van der Waals surface area contributed by atoms with Crippen molar-refractivity contribution in [1.82, 2.24) is 4.98 Å². The molecule has 0 amide bonds. The minimum absolute atomic E-state index is 0.443. The second-order valence-electron chi connectivity index (χ2n) is 3.64. The summed E-state index contributed by atoms with van der Waals surface area (Å²) in [6.07, 6.45) is 3.12. The summed E-state index contributed by atoms with van der Waals surface area (Å²) in [4.78, 5) is 16.9. The molecule has 0 aromatic carbocycles. The molecule has 0 spiro atoms. The zero-order valence-electron chi connectivity index (χ0n) is 8.26. The molecule has 2 rings (SSSR count). The molecule has 1 aliphatic heterocycles. The number of hydrogen-bond acceptors (Lipinski definition) is 4. The first-order valence-corrected chi connectivity index (χ1v) is 4.89. The molecule has 1 atom stereocenters. The van der Waals surface area contributed by atoms with E-state index in [9.17, 15) is 4.79 Å². The van der Waals surface area contributed by atoms with Gasteiger partial charge in [-0.25, -0.2) is 9.78 Å². The van der Waals surface area contributed by atoms with Crippen LogP contribution in [0.25, 0.3) is 0 Å². The van der Waals surface area contributed by atoms with E-state index in [1.54, 1.807) is 18.3 Å². The van der Waals surface area contributed by atoms with Crippen LogP contribution < -0.4 is 10.6 Å². The van der Waals surface area contributed by atoms with Gasteiger partial charge in [0.25, 0.3) is 0 Å². The number of nitrogen functional groups attached to an aromatic ring is 1. The van der Waals surface area contributed by atoms with Gasteiger partial charge in [-0.3, -0.25) is 0 Å². The molecular formula is C10H13N3O2. The number of nitrogens with zero attached hydrogens (tertiary/aromatic N) is 2. The maximum absolute atomic E-state index is 11.0. The number of aliphatic carboxylic acids is 1.